The highest BCUT2D eigenvalue weighted by atomic mass is 35.5. The number of aliphatic imine (C=N–C) groups is 1. The van der Waals surface area contributed by atoms with Crippen LogP contribution in [0.1, 0.15) is 30.5 Å². The number of nitrogens with one attached hydrogen (secondary N) is 1. The smallest absolute Gasteiger partial charge is 0.218 e. The Balaban J connectivity index is 1.97. The Morgan fingerprint density at radius 3 is 2.60 bits per heavy atom. The van der Waals surface area contributed by atoms with Gasteiger partial charge in [0.2, 0.25) is 5.06 Å². The molecule has 0 radical (unpaired) electrons. The van der Waals surface area contributed by atoms with Crippen molar-refractivity contribution in [3.63, 3.8) is 0 Å². The summed E-state index contributed by atoms with van der Waals surface area (Å²) in [6, 6.07) is 13.7. The Morgan fingerprint density at radius 2 is 1.97 bits per heavy atom. The molecular weight excluding hydrogens is 416 g/mol. The maximum absolute atomic E-state index is 9.75. The van der Waals surface area contributed by atoms with Gasteiger partial charge in [-0.05, 0) is 31.0 Å². The normalized spacial score (nSPS) is 11.5. The van der Waals surface area contributed by atoms with Crippen LogP contribution in [0.15, 0.2) is 41.4 Å². The van der Waals surface area contributed by atoms with Gasteiger partial charge in [-0.1, -0.05) is 49.7 Å². The largest absolute Gasteiger partial charge is 0.443 e. The van der Waals surface area contributed by atoms with Gasteiger partial charge in [0.1, 0.15) is 28.9 Å². The molecule has 30 heavy (non-hydrogen) atoms. The number of halogens is 1. The van der Waals surface area contributed by atoms with Crippen LogP contribution in [-0.2, 0) is 0 Å². The number of amidine groups is 1. The maximum atomic E-state index is 9.75. The first kappa shape index (κ1) is 21.8. The van der Waals surface area contributed by atoms with Crippen LogP contribution in [0.25, 0.3) is 11.3 Å². The summed E-state index contributed by atoms with van der Waals surface area (Å²) in [5, 5.41) is 13.8. The molecule has 0 saturated carbocycles. The van der Waals surface area contributed by atoms with Gasteiger partial charge in [0, 0.05) is 36.1 Å². The average Bonchev–Trinajstić information content (AvgIpc) is 3.11. The van der Waals surface area contributed by atoms with Crippen LogP contribution < -0.4 is 10.1 Å². The minimum absolute atomic E-state index is 0.248. The van der Waals surface area contributed by atoms with Crippen molar-refractivity contribution >= 4 is 34.7 Å². The Bertz CT molecular complexity index is 1140. The Morgan fingerprint density at radius 1 is 1.23 bits per heavy atom. The fourth-order valence-corrected chi connectivity index (χ4v) is 3.93. The van der Waals surface area contributed by atoms with E-state index in [0.717, 1.165) is 34.1 Å². The number of hydrogen-bond donors (Lipinski definition) is 1. The first-order valence-corrected chi connectivity index (χ1v) is 10.7. The molecule has 0 atom stereocenters. The van der Waals surface area contributed by atoms with Crippen LogP contribution in [0.2, 0.25) is 5.02 Å². The number of aromatic nitrogens is 1. The molecule has 0 aliphatic rings. The molecule has 1 aromatic heterocycles. The fourth-order valence-electron chi connectivity index (χ4n) is 3.01. The third-order valence-corrected chi connectivity index (χ3v) is 5.69. The Hall–Kier alpha value is -2.88. The van der Waals surface area contributed by atoms with Gasteiger partial charge in [0.15, 0.2) is 0 Å². The van der Waals surface area contributed by atoms with Gasteiger partial charge in [0.05, 0.1) is 10.7 Å². The molecule has 0 saturated heterocycles. The van der Waals surface area contributed by atoms with E-state index < -0.39 is 0 Å². The molecule has 2 aromatic carbocycles. The Labute approximate surface area is 186 Å². The fraction of sp³-hybridized carbons (Fsp3) is 0.261. The van der Waals surface area contributed by atoms with E-state index in [0.29, 0.717) is 32.8 Å². The molecule has 0 spiro atoms. The molecule has 154 valence electrons. The van der Waals surface area contributed by atoms with E-state index in [-0.39, 0.29) is 5.92 Å². The summed E-state index contributed by atoms with van der Waals surface area (Å²) in [6.45, 7) is 8.05. The highest BCUT2D eigenvalue weighted by Crippen LogP contribution is 2.40. The second-order valence-corrected chi connectivity index (χ2v) is 8.34. The molecule has 1 heterocycles. The van der Waals surface area contributed by atoms with Crippen molar-refractivity contribution in [3.8, 4) is 28.1 Å². The van der Waals surface area contributed by atoms with Crippen molar-refractivity contribution in [1.29, 1.82) is 5.26 Å². The van der Waals surface area contributed by atoms with E-state index in [1.165, 1.54) is 0 Å². The maximum Gasteiger partial charge on any atom is 0.218 e. The number of benzene rings is 2. The van der Waals surface area contributed by atoms with E-state index in [2.05, 4.69) is 34.6 Å². The van der Waals surface area contributed by atoms with Crippen molar-refractivity contribution in [3.05, 3.63) is 58.1 Å². The molecule has 5 nitrogen and oxygen atoms in total. The second kappa shape index (κ2) is 9.29. The molecule has 0 aliphatic heterocycles. The summed E-state index contributed by atoms with van der Waals surface area (Å²) in [5.41, 5.74) is 4.57. The first-order chi connectivity index (χ1) is 14.3. The van der Waals surface area contributed by atoms with Crippen molar-refractivity contribution < 1.29 is 4.74 Å². The summed E-state index contributed by atoms with van der Waals surface area (Å²) in [5.74, 6) is 1.67. The average molecular weight is 439 g/mol. The lowest BCUT2D eigenvalue weighted by atomic mass is 10.0. The van der Waals surface area contributed by atoms with Crippen molar-refractivity contribution in [1.82, 2.24) is 9.69 Å². The monoisotopic (exact) mass is 438 g/mol. The number of rotatable bonds is 5. The van der Waals surface area contributed by atoms with Gasteiger partial charge < -0.3 is 10.1 Å². The van der Waals surface area contributed by atoms with Crippen LogP contribution in [0, 0.1) is 31.1 Å². The predicted molar refractivity (Wildman–Crippen MR) is 124 cm³/mol. The number of aryl methyl sites for hydroxylation is 2. The minimum atomic E-state index is 0.248. The zero-order valence-corrected chi connectivity index (χ0v) is 19.1. The van der Waals surface area contributed by atoms with Gasteiger partial charge in [-0.25, -0.2) is 4.99 Å². The van der Waals surface area contributed by atoms with Crippen LogP contribution >= 0.6 is 23.1 Å². The van der Waals surface area contributed by atoms with E-state index in [4.69, 9.17) is 16.3 Å². The lowest BCUT2D eigenvalue weighted by Crippen LogP contribution is -2.23. The highest BCUT2D eigenvalue weighted by molar-refractivity contribution is 7.08. The third kappa shape index (κ3) is 4.48. The van der Waals surface area contributed by atoms with Crippen LogP contribution in [0.5, 0.6) is 10.8 Å². The van der Waals surface area contributed by atoms with Gasteiger partial charge in [-0.2, -0.15) is 9.64 Å². The number of ether oxygens (including phenoxy) is 1. The third-order valence-electron chi connectivity index (χ3n) is 4.66. The van der Waals surface area contributed by atoms with E-state index in [1.807, 2.05) is 51.2 Å². The van der Waals surface area contributed by atoms with Gasteiger partial charge in [-0.3, -0.25) is 0 Å². The molecule has 0 bridgehead atoms. The van der Waals surface area contributed by atoms with Crippen molar-refractivity contribution in [2.24, 2.45) is 10.9 Å². The summed E-state index contributed by atoms with van der Waals surface area (Å²) in [6.07, 6.45) is 0. The van der Waals surface area contributed by atoms with E-state index in [9.17, 15) is 5.26 Å². The summed E-state index contributed by atoms with van der Waals surface area (Å²) in [7, 11) is 1.84. The van der Waals surface area contributed by atoms with Gasteiger partial charge in [-0.15, -0.1) is 0 Å². The predicted octanol–water partition coefficient (Wildman–Crippen LogP) is 6.65. The van der Waals surface area contributed by atoms with Gasteiger partial charge >= 0.3 is 0 Å². The van der Waals surface area contributed by atoms with Gasteiger partial charge in [0.25, 0.3) is 0 Å². The second-order valence-electron chi connectivity index (χ2n) is 7.19. The highest BCUT2D eigenvalue weighted by Gasteiger charge is 2.19. The van der Waals surface area contributed by atoms with Crippen molar-refractivity contribution in [2.75, 3.05) is 7.05 Å². The summed E-state index contributed by atoms with van der Waals surface area (Å²) in [4.78, 5) is 4.63. The Kier molecular flexibility index (Phi) is 6.76. The zero-order chi connectivity index (χ0) is 21.8. The molecule has 1 N–H and O–H groups in total. The molecule has 0 amide bonds. The lowest BCUT2D eigenvalue weighted by molar-refractivity contribution is 0.491. The van der Waals surface area contributed by atoms with Crippen LogP contribution in [-0.4, -0.2) is 17.3 Å². The molecule has 3 aromatic rings. The standard InChI is InChI=1S/C23H23ClN4OS/c1-13(2)22(26-5)27-19-10-15(4)20(11-18(19)24)29-23-17(12-25)21(28-30-23)16-9-7-6-8-14(16)3/h6-11,13H,1-5H3,(H,26,27). The topological polar surface area (TPSA) is 70.3 Å². The van der Waals surface area contributed by atoms with Crippen molar-refractivity contribution in [2.45, 2.75) is 27.7 Å². The quantitative estimate of drug-likeness (QED) is 0.357. The summed E-state index contributed by atoms with van der Waals surface area (Å²) < 4.78 is 10.6. The SMILES string of the molecule is CNC(=Nc1cc(C)c(Oc2snc(-c3ccccc3C)c2C#N)cc1Cl)C(C)C. The van der Waals surface area contributed by atoms with E-state index >= 15 is 0 Å². The minimum Gasteiger partial charge on any atom is -0.443 e. The summed E-state index contributed by atoms with van der Waals surface area (Å²) >= 11 is 7.64. The molecule has 7 heteroatoms. The lowest BCUT2D eigenvalue weighted by Gasteiger charge is -2.12. The number of hydrogen-bond acceptors (Lipinski definition) is 5. The number of nitrogens with zero attached hydrogens (tertiary/aromatic N) is 3. The molecule has 3 rings (SSSR count). The van der Waals surface area contributed by atoms with Crippen LogP contribution in [0.4, 0.5) is 5.69 Å². The van der Waals surface area contributed by atoms with Crippen LogP contribution in [0.3, 0.4) is 0 Å². The molecule has 0 fully saturated rings. The number of nitriles is 1. The molecule has 0 unspecified atom stereocenters. The first-order valence-electron chi connectivity index (χ1n) is 9.55. The zero-order valence-electron chi connectivity index (χ0n) is 17.6. The van der Waals surface area contributed by atoms with E-state index in [1.54, 1.807) is 6.07 Å². The molecular formula is C23H23ClN4OS. The molecule has 0 aliphatic carbocycles.